The number of H-pyrrole nitrogens is 1. The summed E-state index contributed by atoms with van der Waals surface area (Å²) in [6.45, 7) is 2.99. The third-order valence-corrected chi connectivity index (χ3v) is 4.73. The van der Waals surface area contributed by atoms with Gasteiger partial charge in [0.1, 0.15) is 6.54 Å². The first kappa shape index (κ1) is 14.4. The zero-order valence-corrected chi connectivity index (χ0v) is 13.6. The molecule has 5 heteroatoms. The van der Waals surface area contributed by atoms with E-state index in [1.165, 1.54) is 16.0 Å². The summed E-state index contributed by atoms with van der Waals surface area (Å²) in [5.41, 5.74) is 3.99. The molecule has 4 rings (SSSR count). The van der Waals surface area contributed by atoms with Crippen LogP contribution in [0.1, 0.15) is 11.1 Å². The number of aromatic amines is 1. The number of nitrogens with zero attached hydrogens (tertiary/aromatic N) is 2. The number of aromatic nitrogens is 3. The van der Waals surface area contributed by atoms with Gasteiger partial charge in [-0.15, -0.1) is 0 Å². The number of quaternary nitrogens is 1. The Morgan fingerprint density at radius 3 is 2.61 bits per heavy atom. The van der Waals surface area contributed by atoms with Crippen molar-refractivity contribution in [2.24, 2.45) is 0 Å². The minimum atomic E-state index is 0.621. The molecule has 3 aromatic rings. The molecule has 2 aromatic carbocycles. The normalized spacial score (nSPS) is 17.0. The molecule has 1 aliphatic heterocycles. The lowest BCUT2D eigenvalue weighted by Gasteiger charge is -2.25. The summed E-state index contributed by atoms with van der Waals surface area (Å²) < 4.78 is 2.61. The molecule has 0 saturated heterocycles. The predicted molar refractivity (Wildman–Crippen MR) is 92.5 cm³/mol. The molecule has 0 radical (unpaired) electrons. The molecule has 4 nitrogen and oxygen atoms in total. The highest BCUT2D eigenvalue weighted by atomic mass is 32.1. The summed E-state index contributed by atoms with van der Waals surface area (Å²) in [4.78, 5) is 6.00. The molecule has 1 atom stereocenters. The molecule has 2 heterocycles. The van der Waals surface area contributed by atoms with E-state index in [0.717, 1.165) is 37.6 Å². The summed E-state index contributed by atoms with van der Waals surface area (Å²) in [5, 5.41) is 3.35. The number of benzene rings is 2. The molecule has 1 aliphatic rings. The third-order valence-electron chi connectivity index (χ3n) is 4.41. The lowest BCUT2D eigenvalue weighted by atomic mass is 10.0. The van der Waals surface area contributed by atoms with Gasteiger partial charge in [-0.25, -0.2) is 4.68 Å². The minimum Gasteiger partial charge on any atom is -0.312 e. The van der Waals surface area contributed by atoms with Gasteiger partial charge < -0.3 is 4.90 Å². The van der Waals surface area contributed by atoms with E-state index in [0.29, 0.717) is 4.77 Å². The first-order valence-corrected chi connectivity index (χ1v) is 8.33. The molecule has 0 amide bonds. The molecule has 0 saturated carbocycles. The van der Waals surface area contributed by atoms with Crippen LogP contribution in [-0.4, -0.2) is 21.3 Å². The van der Waals surface area contributed by atoms with Crippen LogP contribution in [0, 0.1) is 4.77 Å². The Balaban J connectivity index is 1.54. The second-order valence-corrected chi connectivity index (χ2v) is 6.37. The van der Waals surface area contributed by atoms with Crippen molar-refractivity contribution in [3.05, 3.63) is 70.5 Å². The maximum absolute atomic E-state index is 5.43. The van der Waals surface area contributed by atoms with Gasteiger partial charge in [-0.2, -0.15) is 4.98 Å². The minimum absolute atomic E-state index is 0.621. The Hall–Kier alpha value is -2.24. The number of rotatable bonds is 3. The third kappa shape index (κ3) is 2.98. The van der Waals surface area contributed by atoms with Crippen LogP contribution in [0.15, 0.2) is 54.6 Å². The summed E-state index contributed by atoms with van der Waals surface area (Å²) >= 11 is 5.43. The van der Waals surface area contributed by atoms with Gasteiger partial charge in [0.05, 0.1) is 6.54 Å². The lowest BCUT2D eigenvalue weighted by molar-refractivity contribution is -0.939. The van der Waals surface area contributed by atoms with E-state index in [2.05, 4.69) is 34.3 Å². The highest BCUT2D eigenvalue weighted by Gasteiger charge is 2.19. The van der Waals surface area contributed by atoms with E-state index in [4.69, 9.17) is 12.2 Å². The van der Waals surface area contributed by atoms with Crippen LogP contribution in [0.25, 0.3) is 11.4 Å². The molecule has 0 fully saturated rings. The van der Waals surface area contributed by atoms with Crippen LogP contribution < -0.4 is 4.90 Å². The van der Waals surface area contributed by atoms with Crippen molar-refractivity contribution >= 4 is 12.2 Å². The fourth-order valence-electron chi connectivity index (χ4n) is 3.19. The van der Waals surface area contributed by atoms with Crippen molar-refractivity contribution in [2.75, 3.05) is 6.54 Å². The van der Waals surface area contributed by atoms with Gasteiger partial charge in [0.25, 0.3) is 0 Å². The first-order chi connectivity index (χ1) is 11.3. The van der Waals surface area contributed by atoms with Crippen LogP contribution in [0.3, 0.4) is 0 Å². The van der Waals surface area contributed by atoms with Gasteiger partial charge >= 0.3 is 0 Å². The van der Waals surface area contributed by atoms with Crippen LogP contribution in [0.4, 0.5) is 0 Å². The highest BCUT2D eigenvalue weighted by molar-refractivity contribution is 7.71. The molecule has 23 heavy (non-hydrogen) atoms. The Kier molecular flexibility index (Phi) is 3.81. The van der Waals surface area contributed by atoms with Gasteiger partial charge in [0.15, 0.2) is 12.5 Å². The average Bonchev–Trinajstić information content (AvgIpc) is 2.96. The Labute approximate surface area is 140 Å². The Morgan fingerprint density at radius 1 is 1.04 bits per heavy atom. The number of hydrogen-bond acceptors (Lipinski definition) is 2. The second-order valence-electron chi connectivity index (χ2n) is 6.00. The predicted octanol–water partition coefficient (Wildman–Crippen LogP) is 2.21. The summed E-state index contributed by atoms with van der Waals surface area (Å²) in [6.07, 6.45) is 1.12. The Bertz CT molecular complexity index is 866. The fourth-order valence-corrected chi connectivity index (χ4v) is 3.39. The van der Waals surface area contributed by atoms with E-state index < -0.39 is 0 Å². The topological polar surface area (TPSA) is 38.0 Å². The molecule has 1 unspecified atom stereocenters. The lowest BCUT2D eigenvalue weighted by Crippen LogP contribution is -3.11. The van der Waals surface area contributed by atoms with Crippen molar-refractivity contribution in [2.45, 2.75) is 19.6 Å². The van der Waals surface area contributed by atoms with Crippen LogP contribution >= 0.6 is 12.2 Å². The molecular formula is C18H19N4S+. The Morgan fingerprint density at radius 2 is 1.78 bits per heavy atom. The van der Waals surface area contributed by atoms with Crippen molar-refractivity contribution in [1.82, 2.24) is 14.8 Å². The number of fused-ring (bicyclic) bond motifs is 1. The summed E-state index contributed by atoms with van der Waals surface area (Å²) in [7, 11) is 0. The molecular weight excluding hydrogens is 304 g/mol. The molecule has 0 aliphatic carbocycles. The maximum Gasteiger partial charge on any atom is 0.221 e. The van der Waals surface area contributed by atoms with Gasteiger partial charge in [-0.3, -0.25) is 5.10 Å². The van der Waals surface area contributed by atoms with E-state index in [1.54, 1.807) is 0 Å². The zero-order valence-electron chi connectivity index (χ0n) is 12.8. The zero-order chi connectivity index (χ0) is 15.6. The summed E-state index contributed by atoms with van der Waals surface area (Å²) in [6, 6.07) is 18.8. The van der Waals surface area contributed by atoms with E-state index in [-0.39, 0.29) is 0 Å². The van der Waals surface area contributed by atoms with Crippen molar-refractivity contribution in [3.63, 3.8) is 0 Å². The van der Waals surface area contributed by atoms with Gasteiger partial charge in [-0.05, 0) is 17.8 Å². The van der Waals surface area contributed by atoms with E-state index in [1.807, 2.05) is 35.0 Å². The SMILES string of the molecule is S=c1nc(-c2ccccc2)[nH]n1C[NH+]1CCc2ccccc2C1. The van der Waals surface area contributed by atoms with Gasteiger partial charge in [0, 0.05) is 17.5 Å². The van der Waals surface area contributed by atoms with Crippen LogP contribution in [0.5, 0.6) is 0 Å². The smallest absolute Gasteiger partial charge is 0.221 e. The fraction of sp³-hybridized carbons (Fsp3) is 0.222. The highest BCUT2D eigenvalue weighted by Crippen LogP contribution is 2.14. The van der Waals surface area contributed by atoms with Crippen molar-refractivity contribution < 1.29 is 4.90 Å². The largest absolute Gasteiger partial charge is 0.312 e. The number of hydrogen-bond donors (Lipinski definition) is 2. The van der Waals surface area contributed by atoms with Crippen LogP contribution in [-0.2, 0) is 19.6 Å². The quantitative estimate of drug-likeness (QED) is 0.725. The van der Waals surface area contributed by atoms with E-state index in [9.17, 15) is 0 Å². The standard InChI is InChI=1S/C18H18N4S/c23-18-19-17(15-7-2-1-3-8-15)20-22(18)13-21-11-10-14-6-4-5-9-16(14)12-21/h1-9H,10-13H2,(H,19,20,23)/p+1. The maximum atomic E-state index is 5.43. The monoisotopic (exact) mass is 323 g/mol. The molecule has 116 valence electrons. The second kappa shape index (κ2) is 6.10. The molecule has 0 spiro atoms. The van der Waals surface area contributed by atoms with Crippen molar-refractivity contribution in [1.29, 1.82) is 0 Å². The van der Waals surface area contributed by atoms with E-state index >= 15 is 0 Å². The molecule has 1 aromatic heterocycles. The van der Waals surface area contributed by atoms with Crippen LogP contribution in [0.2, 0.25) is 0 Å². The average molecular weight is 323 g/mol. The van der Waals surface area contributed by atoms with Crippen molar-refractivity contribution in [3.8, 4) is 11.4 Å². The van der Waals surface area contributed by atoms with Gasteiger partial charge in [0.2, 0.25) is 4.77 Å². The summed E-state index contributed by atoms with van der Waals surface area (Å²) in [5.74, 6) is 0.840. The number of nitrogens with one attached hydrogen (secondary N) is 2. The van der Waals surface area contributed by atoms with Gasteiger partial charge in [-0.1, -0.05) is 54.6 Å². The molecule has 0 bridgehead atoms. The first-order valence-electron chi connectivity index (χ1n) is 7.92. The molecule has 2 N–H and O–H groups in total.